The van der Waals surface area contributed by atoms with Crippen LogP contribution in [0.15, 0.2) is 30.5 Å². The Morgan fingerprint density at radius 3 is 2.42 bits per heavy atom. The zero-order valence-corrected chi connectivity index (χ0v) is 16.4. The molecule has 0 radical (unpaired) electrons. The van der Waals surface area contributed by atoms with E-state index in [1.54, 1.807) is 0 Å². The minimum atomic E-state index is 0.444. The highest BCUT2D eigenvalue weighted by Crippen LogP contribution is 2.31. The van der Waals surface area contributed by atoms with Crippen molar-refractivity contribution in [2.24, 2.45) is 5.41 Å². The molecule has 0 unspecified atom stereocenters. The Morgan fingerprint density at radius 1 is 1.12 bits per heavy atom. The summed E-state index contributed by atoms with van der Waals surface area (Å²) >= 11 is 0. The summed E-state index contributed by atoms with van der Waals surface area (Å²) in [5, 5.41) is 2.70. The van der Waals surface area contributed by atoms with Crippen molar-refractivity contribution < 1.29 is 0 Å². The largest absolute Gasteiger partial charge is 0.298 e. The lowest BCUT2D eigenvalue weighted by molar-refractivity contribution is 0.112. The van der Waals surface area contributed by atoms with E-state index in [4.69, 9.17) is 4.98 Å². The summed E-state index contributed by atoms with van der Waals surface area (Å²) in [4.78, 5) is 7.38. The lowest BCUT2D eigenvalue weighted by Gasteiger charge is -2.38. The van der Waals surface area contributed by atoms with Crippen LogP contribution >= 0.6 is 0 Å². The van der Waals surface area contributed by atoms with Crippen LogP contribution in [0.2, 0.25) is 0 Å². The number of fused-ring (bicyclic) bond motifs is 1. The number of rotatable bonds is 3. The maximum atomic E-state index is 4.78. The first-order valence-corrected chi connectivity index (χ1v) is 9.55. The summed E-state index contributed by atoms with van der Waals surface area (Å²) in [6, 6.07) is 8.76. The molecule has 0 atom stereocenters. The zero-order chi connectivity index (χ0) is 17.7. The topological polar surface area (TPSA) is 16.1 Å². The molecule has 132 valence electrons. The van der Waals surface area contributed by atoms with Crippen LogP contribution in [-0.2, 0) is 6.54 Å². The standard InChI is InChI=1S/C20H28N2.C2H6/c1-15(2)19-18-9-6-5-8-17(18)16(12-21-19)13-22-11-7-10-20(3,4)14-22;1-2/h5-6,8-9,12,15H,7,10-11,13-14H2,1-4H3;1-2H3. The fourth-order valence-corrected chi connectivity index (χ4v) is 3.78. The number of benzene rings is 1. The molecule has 0 N–H and O–H groups in total. The van der Waals surface area contributed by atoms with Gasteiger partial charge in [0.15, 0.2) is 0 Å². The van der Waals surface area contributed by atoms with Gasteiger partial charge in [-0.05, 0) is 41.7 Å². The number of aromatic nitrogens is 1. The highest BCUT2D eigenvalue weighted by Gasteiger charge is 2.26. The first-order chi connectivity index (χ1) is 11.5. The Morgan fingerprint density at radius 2 is 1.79 bits per heavy atom. The van der Waals surface area contributed by atoms with Gasteiger partial charge in [-0.2, -0.15) is 0 Å². The average Bonchev–Trinajstić information content (AvgIpc) is 2.56. The summed E-state index contributed by atoms with van der Waals surface area (Å²) in [5.41, 5.74) is 3.04. The summed E-state index contributed by atoms with van der Waals surface area (Å²) in [5.74, 6) is 0.466. The molecule has 0 spiro atoms. The summed E-state index contributed by atoms with van der Waals surface area (Å²) in [7, 11) is 0. The van der Waals surface area contributed by atoms with Crippen molar-refractivity contribution in [2.45, 2.75) is 66.8 Å². The van der Waals surface area contributed by atoms with Gasteiger partial charge in [0.1, 0.15) is 0 Å². The van der Waals surface area contributed by atoms with Gasteiger partial charge < -0.3 is 0 Å². The summed E-state index contributed by atoms with van der Waals surface area (Å²) < 4.78 is 0. The second kappa shape index (κ2) is 8.11. The Kier molecular flexibility index (Phi) is 6.40. The molecule has 1 aliphatic heterocycles. The third-order valence-electron chi connectivity index (χ3n) is 4.83. The zero-order valence-electron chi connectivity index (χ0n) is 16.4. The van der Waals surface area contributed by atoms with Gasteiger partial charge in [0, 0.05) is 24.7 Å². The molecule has 2 heterocycles. The number of nitrogens with zero attached hydrogens (tertiary/aromatic N) is 2. The second-order valence-electron chi connectivity index (χ2n) is 7.85. The van der Waals surface area contributed by atoms with Crippen molar-refractivity contribution in [3.05, 3.63) is 41.7 Å². The van der Waals surface area contributed by atoms with Crippen LogP contribution in [-0.4, -0.2) is 23.0 Å². The van der Waals surface area contributed by atoms with Crippen molar-refractivity contribution >= 4 is 10.8 Å². The monoisotopic (exact) mass is 326 g/mol. The molecule has 1 fully saturated rings. The number of hydrogen-bond acceptors (Lipinski definition) is 2. The van der Waals surface area contributed by atoms with Crippen LogP contribution in [0.1, 0.15) is 71.6 Å². The van der Waals surface area contributed by atoms with Gasteiger partial charge in [0.05, 0.1) is 5.69 Å². The predicted octanol–water partition coefficient (Wildman–Crippen LogP) is 6.01. The predicted molar refractivity (Wildman–Crippen MR) is 105 cm³/mol. The molecular formula is C22H34N2. The molecule has 0 aliphatic carbocycles. The van der Waals surface area contributed by atoms with Crippen LogP contribution in [0.5, 0.6) is 0 Å². The molecule has 2 nitrogen and oxygen atoms in total. The summed E-state index contributed by atoms with van der Waals surface area (Å²) in [6.07, 6.45) is 4.76. The van der Waals surface area contributed by atoms with Crippen LogP contribution < -0.4 is 0 Å². The van der Waals surface area contributed by atoms with Crippen molar-refractivity contribution in [1.82, 2.24) is 9.88 Å². The molecule has 1 aromatic heterocycles. The highest BCUT2D eigenvalue weighted by atomic mass is 15.1. The third-order valence-corrected chi connectivity index (χ3v) is 4.83. The van der Waals surface area contributed by atoms with E-state index in [0.29, 0.717) is 11.3 Å². The molecule has 3 rings (SSSR count). The van der Waals surface area contributed by atoms with E-state index in [2.05, 4.69) is 63.1 Å². The molecule has 2 aromatic rings. The minimum absolute atomic E-state index is 0.444. The van der Waals surface area contributed by atoms with Crippen molar-refractivity contribution in [3.8, 4) is 0 Å². The fourth-order valence-electron chi connectivity index (χ4n) is 3.78. The lowest BCUT2D eigenvalue weighted by Crippen LogP contribution is -2.39. The quantitative estimate of drug-likeness (QED) is 0.687. The molecule has 1 saturated heterocycles. The minimum Gasteiger partial charge on any atom is -0.298 e. The highest BCUT2D eigenvalue weighted by molar-refractivity contribution is 5.87. The number of likely N-dealkylation sites (tertiary alicyclic amines) is 1. The van der Waals surface area contributed by atoms with Crippen molar-refractivity contribution in [2.75, 3.05) is 13.1 Å². The first-order valence-electron chi connectivity index (χ1n) is 9.55. The Bertz CT molecular complexity index is 658. The van der Waals surface area contributed by atoms with E-state index in [1.165, 1.54) is 48.0 Å². The van der Waals surface area contributed by atoms with Gasteiger partial charge in [0.25, 0.3) is 0 Å². The smallest absolute Gasteiger partial charge is 0.0507 e. The van der Waals surface area contributed by atoms with E-state index in [1.807, 2.05) is 13.8 Å². The van der Waals surface area contributed by atoms with E-state index in [-0.39, 0.29) is 0 Å². The number of piperidine rings is 1. The van der Waals surface area contributed by atoms with E-state index in [0.717, 1.165) is 6.54 Å². The SMILES string of the molecule is CC.CC(C)c1ncc(CN2CCCC(C)(C)C2)c2ccccc12. The Hall–Kier alpha value is -1.41. The van der Waals surface area contributed by atoms with Gasteiger partial charge in [-0.3, -0.25) is 9.88 Å². The van der Waals surface area contributed by atoms with Gasteiger partial charge in [0.2, 0.25) is 0 Å². The molecule has 1 aromatic carbocycles. The van der Waals surface area contributed by atoms with Gasteiger partial charge in [-0.15, -0.1) is 0 Å². The molecule has 0 saturated carbocycles. The van der Waals surface area contributed by atoms with E-state index >= 15 is 0 Å². The second-order valence-corrected chi connectivity index (χ2v) is 7.85. The normalized spacial score (nSPS) is 17.6. The van der Waals surface area contributed by atoms with Crippen LogP contribution in [0.4, 0.5) is 0 Å². The average molecular weight is 327 g/mol. The van der Waals surface area contributed by atoms with Crippen LogP contribution in [0.25, 0.3) is 10.8 Å². The van der Waals surface area contributed by atoms with E-state index < -0.39 is 0 Å². The molecule has 1 aliphatic rings. The molecule has 24 heavy (non-hydrogen) atoms. The molecule has 0 amide bonds. The first kappa shape index (κ1) is 18.9. The third kappa shape index (κ3) is 4.36. The lowest BCUT2D eigenvalue weighted by atomic mass is 9.84. The van der Waals surface area contributed by atoms with Crippen molar-refractivity contribution in [3.63, 3.8) is 0 Å². The number of hydrogen-bond donors (Lipinski definition) is 0. The Balaban J connectivity index is 0.00000100. The van der Waals surface area contributed by atoms with E-state index in [9.17, 15) is 0 Å². The van der Waals surface area contributed by atoms with Gasteiger partial charge >= 0.3 is 0 Å². The van der Waals surface area contributed by atoms with Crippen LogP contribution in [0, 0.1) is 5.41 Å². The maximum Gasteiger partial charge on any atom is 0.0507 e. The molecule has 2 heteroatoms. The van der Waals surface area contributed by atoms with Gasteiger partial charge in [-0.25, -0.2) is 0 Å². The van der Waals surface area contributed by atoms with Crippen LogP contribution in [0.3, 0.4) is 0 Å². The van der Waals surface area contributed by atoms with Crippen molar-refractivity contribution in [1.29, 1.82) is 0 Å². The number of pyridine rings is 1. The molecule has 0 bridgehead atoms. The fraction of sp³-hybridized carbons (Fsp3) is 0.591. The maximum absolute atomic E-state index is 4.78. The molecular weight excluding hydrogens is 292 g/mol. The van der Waals surface area contributed by atoms with Gasteiger partial charge in [-0.1, -0.05) is 65.8 Å². The summed E-state index contributed by atoms with van der Waals surface area (Å²) in [6.45, 7) is 16.6. The Labute approximate surface area is 148 Å².